The van der Waals surface area contributed by atoms with Crippen LogP contribution in [0.15, 0.2) is 60.7 Å². The summed E-state index contributed by atoms with van der Waals surface area (Å²) in [7, 11) is 0. The Kier molecular flexibility index (Phi) is 4.67. The monoisotopic (exact) mass is 371 g/mol. The van der Waals surface area contributed by atoms with Gasteiger partial charge in [-0.05, 0) is 49.4 Å². The highest BCUT2D eigenvalue weighted by molar-refractivity contribution is 5.75. The van der Waals surface area contributed by atoms with Crippen molar-refractivity contribution in [2.24, 2.45) is 5.92 Å². The molecule has 1 unspecified atom stereocenters. The van der Waals surface area contributed by atoms with Gasteiger partial charge in [-0.2, -0.15) is 0 Å². The fraction of sp³-hybridized carbons (Fsp3) is 0.304. The van der Waals surface area contributed by atoms with E-state index in [1.54, 1.807) is 0 Å². The van der Waals surface area contributed by atoms with Crippen molar-refractivity contribution in [3.05, 3.63) is 72.3 Å². The zero-order valence-electron chi connectivity index (χ0n) is 15.9. The fourth-order valence-electron chi connectivity index (χ4n) is 4.16. The maximum Gasteiger partial charge on any atom is 0.121 e. The lowest BCUT2D eigenvalue weighted by molar-refractivity contribution is 0.199. The van der Waals surface area contributed by atoms with Gasteiger partial charge in [0.2, 0.25) is 0 Å². The molecule has 0 saturated heterocycles. The molecule has 1 atom stereocenters. The summed E-state index contributed by atoms with van der Waals surface area (Å²) in [4.78, 5) is 19.0. The molecule has 142 valence electrons. The Labute approximate surface area is 164 Å². The number of hydrogen-bond acceptors (Lipinski definition) is 3. The molecule has 0 aliphatic heterocycles. The van der Waals surface area contributed by atoms with Gasteiger partial charge in [0, 0.05) is 6.54 Å². The Morgan fingerprint density at radius 3 is 1.96 bits per heavy atom. The van der Waals surface area contributed by atoms with Crippen molar-refractivity contribution in [1.29, 1.82) is 0 Å². The average Bonchev–Trinajstić information content (AvgIpc) is 3.31. The molecule has 0 fully saturated rings. The molecule has 0 spiro atoms. The molecule has 1 aliphatic rings. The minimum atomic E-state index is 0.693. The Balaban J connectivity index is 1.39. The summed E-state index contributed by atoms with van der Waals surface area (Å²) >= 11 is 0. The number of hydrogen-bond donors (Lipinski definition) is 2. The van der Waals surface area contributed by atoms with Crippen LogP contribution in [0.5, 0.6) is 0 Å². The summed E-state index contributed by atoms with van der Waals surface area (Å²) in [5, 5.41) is 0. The van der Waals surface area contributed by atoms with Gasteiger partial charge in [-0.25, -0.2) is 9.97 Å². The van der Waals surface area contributed by atoms with Crippen LogP contribution in [-0.4, -0.2) is 31.4 Å². The number of para-hydroxylation sites is 4. The van der Waals surface area contributed by atoms with Crippen molar-refractivity contribution in [3.8, 4) is 0 Å². The number of H-pyrrole nitrogens is 2. The molecule has 2 aromatic carbocycles. The van der Waals surface area contributed by atoms with Crippen molar-refractivity contribution < 1.29 is 0 Å². The Hall–Kier alpha value is -2.92. The topological polar surface area (TPSA) is 60.6 Å². The van der Waals surface area contributed by atoms with Gasteiger partial charge in [-0.1, -0.05) is 36.4 Å². The van der Waals surface area contributed by atoms with E-state index in [1.807, 2.05) is 24.3 Å². The number of fused-ring (bicyclic) bond motifs is 2. The average molecular weight is 371 g/mol. The lowest BCUT2D eigenvalue weighted by Gasteiger charge is -2.27. The number of nitrogens with zero attached hydrogens (tertiary/aromatic N) is 3. The van der Waals surface area contributed by atoms with E-state index in [9.17, 15) is 0 Å². The van der Waals surface area contributed by atoms with Crippen LogP contribution in [0.1, 0.15) is 30.9 Å². The number of rotatable bonds is 6. The third kappa shape index (κ3) is 3.71. The van der Waals surface area contributed by atoms with E-state index in [0.717, 1.165) is 59.8 Å². The van der Waals surface area contributed by atoms with Gasteiger partial charge in [-0.3, -0.25) is 4.90 Å². The normalized spacial score (nSPS) is 17.1. The molecule has 0 saturated carbocycles. The first kappa shape index (κ1) is 17.2. The van der Waals surface area contributed by atoms with E-state index in [1.165, 1.54) is 12.8 Å². The van der Waals surface area contributed by atoms with Gasteiger partial charge in [0.25, 0.3) is 0 Å². The number of allylic oxidation sites excluding steroid dienone is 2. The van der Waals surface area contributed by atoms with Crippen LogP contribution in [-0.2, 0) is 13.1 Å². The quantitative estimate of drug-likeness (QED) is 0.479. The largest absolute Gasteiger partial charge is 0.341 e. The van der Waals surface area contributed by atoms with E-state index in [0.29, 0.717) is 5.92 Å². The lowest BCUT2D eigenvalue weighted by Crippen LogP contribution is -2.30. The summed E-state index contributed by atoms with van der Waals surface area (Å²) in [6.07, 6.45) is 8.24. The molecule has 5 heteroatoms. The van der Waals surface area contributed by atoms with Crippen LogP contribution in [0, 0.1) is 5.92 Å². The van der Waals surface area contributed by atoms with Crippen molar-refractivity contribution in [2.75, 3.05) is 6.54 Å². The van der Waals surface area contributed by atoms with Crippen molar-refractivity contribution in [2.45, 2.75) is 32.4 Å². The molecule has 4 aromatic rings. The van der Waals surface area contributed by atoms with Gasteiger partial charge in [-0.15, -0.1) is 0 Å². The van der Waals surface area contributed by atoms with Crippen molar-refractivity contribution in [3.63, 3.8) is 0 Å². The van der Waals surface area contributed by atoms with Gasteiger partial charge in [0.1, 0.15) is 11.6 Å². The van der Waals surface area contributed by atoms with Crippen LogP contribution < -0.4 is 0 Å². The molecule has 0 amide bonds. The minimum Gasteiger partial charge on any atom is -0.341 e. The van der Waals surface area contributed by atoms with E-state index in [4.69, 9.17) is 9.97 Å². The maximum atomic E-state index is 4.79. The molecular formula is C23H25N5. The van der Waals surface area contributed by atoms with Crippen molar-refractivity contribution in [1.82, 2.24) is 24.8 Å². The molecule has 2 aromatic heterocycles. The summed E-state index contributed by atoms with van der Waals surface area (Å²) in [6, 6.07) is 16.5. The maximum absolute atomic E-state index is 4.79. The highest BCUT2D eigenvalue weighted by Crippen LogP contribution is 2.22. The molecule has 5 nitrogen and oxygen atoms in total. The van der Waals surface area contributed by atoms with Gasteiger partial charge in [0.15, 0.2) is 0 Å². The molecule has 2 heterocycles. The zero-order chi connectivity index (χ0) is 18.8. The number of nitrogens with one attached hydrogen (secondary N) is 2. The summed E-state index contributed by atoms with van der Waals surface area (Å²) in [5.74, 6) is 2.73. The number of benzene rings is 2. The third-order valence-electron chi connectivity index (χ3n) is 5.52. The standard InChI is InChI=1S/C23H25N5/c1-2-8-17(9-3-1)14-28(15-22-24-18-10-4-5-11-19(18)25-22)16-23-26-20-12-6-7-13-21(20)27-23/h1-2,4-7,10-13,17H,3,8-9,14-16H2,(H,24,25)(H,26,27). The Morgan fingerprint density at radius 1 is 0.821 bits per heavy atom. The first-order chi connectivity index (χ1) is 13.8. The Morgan fingerprint density at radius 2 is 1.43 bits per heavy atom. The second kappa shape index (κ2) is 7.60. The second-order valence-electron chi connectivity index (χ2n) is 7.72. The van der Waals surface area contributed by atoms with Gasteiger partial charge in [0.05, 0.1) is 35.2 Å². The van der Waals surface area contributed by atoms with E-state index in [2.05, 4.69) is 51.3 Å². The van der Waals surface area contributed by atoms with Gasteiger partial charge < -0.3 is 9.97 Å². The van der Waals surface area contributed by atoms with E-state index in [-0.39, 0.29) is 0 Å². The van der Waals surface area contributed by atoms with Crippen LogP contribution in [0.4, 0.5) is 0 Å². The zero-order valence-corrected chi connectivity index (χ0v) is 15.9. The van der Waals surface area contributed by atoms with Crippen LogP contribution in [0.2, 0.25) is 0 Å². The molecular weight excluding hydrogens is 346 g/mol. The number of imidazole rings is 2. The van der Waals surface area contributed by atoms with E-state index >= 15 is 0 Å². The highest BCUT2D eigenvalue weighted by Gasteiger charge is 2.18. The van der Waals surface area contributed by atoms with E-state index < -0.39 is 0 Å². The summed E-state index contributed by atoms with van der Waals surface area (Å²) in [5.41, 5.74) is 4.26. The number of aromatic nitrogens is 4. The predicted octanol–water partition coefficient (Wildman–Crippen LogP) is 4.80. The SMILES string of the molecule is C1=CCC(CN(Cc2nc3ccccc3[nH]2)Cc2nc3ccccc3[nH]2)CC1. The molecule has 5 rings (SSSR count). The molecule has 0 radical (unpaired) electrons. The molecule has 28 heavy (non-hydrogen) atoms. The van der Waals surface area contributed by atoms with Crippen LogP contribution in [0.3, 0.4) is 0 Å². The van der Waals surface area contributed by atoms with Crippen molar-refractivity contribution >= 4 is 22.1 Å². The molecule has 1 aliphatic carbocycles. The third-order valence-corrected chi connectivity index (χ3v) is 5.52. The smallest absolute Gasteiger partial charge is 0.121 e. The fourth-order valence-corrected chi connectivity index (χ4v) is 4.16. The van der Waals surface area contributed by atoms with Crippen LogP contribution in [0.25, 0.3) is 22.1 Å². The van der Waals surface area contributed by atoms with Crippen LogP contribution >= 0.6 is 0 Å². The minimum absolute atomic E-state index is 0.693. The highest BCUT2D eigenvalue weighted by atomic mass is 15.2. The lowest BCUT2D eigenvalue weighted by atomic mass is 9.94. The Bertz CT molecular complexity index is 964. The molecule has 2 N–H and O–H groups in total. The summed E-state index contributed by atoms with van der Waals surface area (Å²) < 4.78 is 0. The number of aromatic amines is 2. The first-order valence-corrected chi connectivity index (χ1v) is 10.1. The van der Waals surface area contributed by atoms with Gasteiger partial charge >= 0.3 is 0 Å². The second-order valence-corrected chi connectivity index (χ2v) is 7.72. The predicted molar refractivity (Wildman–Crippen MR) is 113 cm³/mol. The molecule has 0 bridgehead atoms. The summed E-state index contributed by atoms with van der Waals surface area (Å²) in [6.45, 7) is 2.65. The first-order valence-electron chi connectivity index (χ1n) is 10.1.